The maximum Gasteiger partial charge on any atom is 0.293 e. The normalized spacial score (nSPS) is 15.3. The van der Waals surface area contributed by atoms with Gasteiger partial charge in [-0.2, -0.15) is 0 Å². The number of hydrogen-bond acceptors (Lipinski definition) is 5. The number of imide groups is 1. The van der Waals surface area contributed by atoms with Gasteiger partial charge in [-0.3, -0.25) is 14.5 Å². The Kier molecular flexibility index (Phi) is 7.60. The lowest BCUT2D eigenvalue weighted by atomic mass is 10.1. The fourth-order valence-corrected chi connectivity index (χ4v) is 3.98. The Morgan fingerprint density at radius 3 is 2.55 bits per heavy atom. The fourth-order valence-electron chi connectivity index (χ4n) is 2.78. The van der Waals surface area contributed by atoms with Gasteiger partial charge in [0.1, 0.15) is 0 Å². The molecule has 2 aromatic carbocycles. The van der Waals surface area contributed by atoms with E-state index in [4.69, 9.17) is 9.47 Å². The van der Waals surface area contributed by atoms with Crippen LogP contribution in [-0.4, -0.2) is 29.8 Å². The summed E-state index contributed by atoms with van der Waals surface area (Å²) < 4.78 is 12.3. The third-order valence-electron chi connectivity index (χ3n) is 4.37. The first-order valence-corrected chi connectivity index (χ1v) is 11.2. The molecule has 29 heavy (non-hydrogen) atoms. The highest BCUT2D eigenvalue weighted by Gasteiger charge is 2.35. The van der Waals surface area contributed by atoms with Crippen molar-refractivity contribution < 1.29 is 19.1 Å². The van der Waals surface area contributed by atoms with Crippen molar-refractivity contribution in [1.29, 1.82) is 0 Å². The predicted molar refractivity (Wildman–Crippen MR) is 124 cm³/mol. The van der Waals surface area contributed by atoms with Crippen molar-refractivity contribution >= 4 is 51.6 Å². The van der Waals surface area contributed by atoms with Crippen LogP contribution in [0.25, 0.3) is 6.08 Å². The molecule has 0 N–H and O–H groups in total. The highest BCUT2D eigenvalue weighted by atomic mass is 127. The molecule has 5 nitrogen and oxygen atoms in total. The molecule has 0 saturated carbocycles. The van der Waals surface area contributed by atoms with Gasteiger partial charge in [-0.15, -0.1) is 0 Å². The molecule has 2 aromatic rings. The van der Waals surface area contributed by atoms with Crippen LogP contribution in [0.3, 0.4) is 0 Å². The molecule has 0 spiro atoms. The maximum atomic E-state index is 12.7. The number of unbranched alkanes of at least 4 members (excludes halogenated alkanes) is 1. The smallest absolute Gasteiger partial charge is 0.293 e. The zero-order chi connectivity index (χ0) is 20.8. The first kappa shape index (κ1) is 21.7. The zero-order valence-electron chi connectivity index (χ0n) is 16.3. The predicted octanol–water partition coefficient (Wildman–Crippen LogP) is 5.72. The minimum atomic E-state index is -0.277. The largest absolute Gasteiger partial charge is 0.493 e. The number of amides is 2. The number of carbonyl (C=O) groups is 2. The van der Waals surface area contributed by atoms with Crippen LogP contribution in [0.5, 0.6) is 11.5 Å². The van der Waals surface area contributed by atoms with Crippen LogP contribution in [0, 0.1) is 3.57 Å². The van der Waals surface area contributed by atoms with Crippen LogP contribution in [0.4, 0.5) is 4.79 Å². The van der Waals surface area contributed by atoms with E-state index in [-0.39, 0.29) is 17.7 Å². The van der Waals surface area contributed by atoms with E-state index in [0.717, 1.165) is 39.3 Å². The van der Waals surface area contributed by atoms with Crippen molar-refractivity contribution in [3.05, 3.63) is 62.1 Å². The van der Waals surface area contributed by atoms with Crippen molar-refractivity contribution in [1.82, 2.24) is 4.90 Å². The van der Waals surface area contributed by atoms with Gasteiger partial charge in [-0.1, -0.05) is 31.5 Å². The maximum absolute atomic E-state index is 12.7. The third kappa shape index (κ3) is 5.54. The summed E-state index contributed by atoms with van der Waals surface area (Å²) >= 11 is 3.18. The van der Waals surface area contributed by atoms with Crippen molar-refractivity contribution in [3.8, 4) is 11.5 Å². The lowest BCUT2D eigenvalue weighted by molar-refractivity contribution is -0.123. The molecule has 0 aliphatic carbocycles. The summed E-state index contributed by atoms with van der Waals surface area (Å²) in [6, 6.07) is 13.3. The topological polar surface area (TPSA) is 55.8 Å². The number of benzene rings is 2. The number of rotatable bonds is 8. The molecule has 1 aliphatic rings. The van der Waals surface area contributed by atoms with Crippen molar-refractivity contribution in [3.63, 3.8) is 0 Å². The average Bonchev–Trinajstić information content (AvgIpc) is 2.98. The van der Waals surface area contributed by atoms with Gasteiger partial charge < -0.3 is 9.47 Å². The standard InChI is InChI=1S/C22H22INO4S/c1-3-4-11-28-18-10-7-16(12-19(18)27-2)13-20-21(25)24(22(26)29-20)14-15-5-8-17(23)9-6-15/h5-10,12-13H,3-4,11,14H2,1-2H3/b20-13-. The summed E-state index contributed by atoms with van der Waals surface area (Å²) in [5, 5.41) is -0.258. The van der Waals surface area contributed by atoms with Crippen LogP contribution >= 0.6 is 34.4 Å². The van der Waals surface area contributed by atoms with E-state index >= 15 is 0 Å². The zero-order valence-corrected chi connectivity index (χ0v) is 19.3. The monoisotopic (exact) mass is 523 g/mol. The van der Waals surface area contributed by atoms with Crippen LogP contribution < -0.4 is 9.47 Å². The molecule has 1 saturated heterocycles. The molecular weight excluding hydrogens is 501 g/mol. The number of thioether (sulfide) groups is 1. The van der Waals surface area contributed by atoms with Crippen molar-refractivity contribution in [2.45, 2.75) is 26.3 Å². The van der Waals surface area contributed by atoms with Crippen LogP contribution in [0.2, 0.25) is 0 Å². The van der Waals surface area contributed by atoms with E-state index in [1.165, 1.54) is 4.90 Å². The summed E-state index contributed by atoms with van der Waals surface area (Å²) in [5.41, 5.74) is 1.70. The molecule has 152 valence electrons. The van der Waals surface area contributed by atoms with Gasteiger partial charge in [0, 0.05) is 3.57 Å². The molecule has 0 bridgehead atoms. The SMILES string of the molecule is CCCCOc1ccc(/C=C2\SC(=O)N(Cc3ccc(I)cc3)C2=O)cc1OC. The van der Waals surface area contributed by atoms with Gasteiger partial charge >= 0.3 is 0 Å². The molecule has 7 heteroatoms. The summed E-state index contributed by atoms with van der Waals surface area (Å²) in [5.74, 6) is 0.999. The molecule has 1 fully saturated rings. The second-order valence-electron chi connectivity index (χ2n) is 6.51. The number of ether oxygens (including phenoxy) is 2. The van der Waals surface area contributed by atoms with E-state index in [1.54, 1.807) is 13.2 Å². The van der Waals surface area contributed by atoms with Gasteiger partial charge in [0.05, 0.1) is 25.2 Å². The molecule has 2 amide bonds. The van der Waals surface area contributed by atoms with Gasteiger partial charge in [0.2, 0.25) is 0 Å². The number of carbonyl (C=O) groups excluding carboxylic acids is 2. The van der Waals surface area contributed by atoms with Crippen molar-refractivity contribution in [2.24, 2.45) is 0 Å². The van der Waals surface area contributed by atoms with Crippen molar-refractivity contribution in [2.75, 3.05) is 13.7 Å². The highest BCUT2D eigenvalue weighted by molar-refractivity contribution is 14.1. The molecular formula is C22H22INO4S. The number of hydrogen-bond donors (Lipinski definition) is 0. The molecule has 1 aliphatic heterocycles. The molecule has 0 aromatic heterocycles. The van der Waals surface area contributed by atoms with E-state index in [9.17, 15) is 9.59 Å². The van der Waals surface area contributed by atoms with Crippen LogP contribution in [0.15, 0.2) is 47.4 Å². The first-order chi connectivity index (χ1) is 14.0. The molecule has 3 rings (SSSR count). The minimum absolute atomic E-state index is 0.258. The number of nitrogens with zero attached hydrogens (tertiary/aromatic N) is 1. The van der Waals surface area contributed by atoms with Gasteiger partial charge in [0.15, 0.2) is 11.5 Å². The Labute approximate surface area is 188 Å². The summed E-state index contributed by atoms with van der Waals surface area (Å²) in [4.78, 5) is 26.8. The third-order valence-corrected chi connectivity index (χ3v) is 5.99. The highest BCUT2D eigenvalue weighted by Crippen LogP contribution is 2.35. The summed E-state index contributed by atoms with van der Waals surface area (Å²) in [7, 11) is 1.58. The lowest BCUT2D eigenvalue weighted by Crippen LogP contribution is -2.27. The van der Waals surface area contributed by atoms with Crippen LogP contribution in [-0.2, 0) is 11.3 Å². The van der Waals surface area contributed by atoms with Gasteiger partial charge in [0.25, 0.3) is 11.1 Å². The van der Waals surface area contributed by atoms with Gasteiger partial charge in [-0.05, 0) is 82.2 Å². The minimum Gasteiger partial charge on any atom is -0.493 e. The van der Waals surface area contributed by atoms with E-state index in [2.05, 4.69) is 29.5 Å². The molecule has 0 unspecified atom stereocenters. The fraction of sp³-hybridized carbons (Fsp3) is 0.273. The van der Waals surface area contributed by atoms with Gasteiger partial charge in [-0.25, -0.2) is 0 Å². The summed E-state index contributed by atoms with van der Waals surface area (Å²) in [6.45, 7) is 3.01. The first-order valence-electron chi connectivity index (χ1n) is 9.32. The number of halogens is 1. The lowest BCUT2D eigenvalue weighted by Gasteiger charge is -2.12. The Morgan fingerprint density at radius 1 is 1.10 bits per heavy atom. The van der Waals surface area contributed by atoms with Crippen LogP contribution in [0.1, 0.15) is 30.9 Å². The molecule has 0 atom stereocenters. The Morgan fingerprint density at radius 2 is 1.86 bits per heavy atom. The molecule has 1 heterocycles. The summed E-state index contributed by atoms with van der Waals surface area (Å²) in [6.07, 6.45) is 3.74. The Bertz CT molecular complexity index is 927. The van der Waals surface area contributed by atoms with E-state index in [1.807, 2.05) is 42.5 Å². The number of methoxy groups -OCH3 is 1. The van der Waals surface area contributed by atoms with E-state index in [0.29, 0.717) is 23.0 Å². The van der Waals surface area contributed by atoms with E-state index < -0.39 is 0 Å². The average molecular weight is 523 g/mol. The quantitative estimate of drug-likeness (QED) is 0.252. The second-order valence-corrected chi connectivity index (χ2v) is 8.75. The Balaban J connectivity index is 1.75. The second kappa shape index (κ2) is 10.2. The molecule has 0 radical (unpaired) electrons. The Hall–Kier alpha value is -2.00.